The normalized spacial score (nSPS) is 18.4. The highest BCUT2D eigenvalue weighted by molar-refractivity contribution is 6.46. The van der Waals surface area contributed by atoms with Crippen LogP contribution in [0.4, 0.5) is 0 Å². The second-order valence-corrected chi connectivity index (χ2v) is 11.7. The molecule has 2 aliphatic rings. The van der Waals surface area contributed by atoms with E-state index in [0.717, 1.165) is 61.3 Å². The number of hydrogen-bond donors (Lipinski definition) is 1. The van der Waals surface area contributed by atoms with Crippen LogP contribution >= 0.6 is 0 Å². The van der Waals surface area contributed by atoms with Gasteiger partial charge in [-0.1, -0.05) is 56.2 Å². The summed E-state index contributed by atoms with van der Waals surface area (Å²) in [6.07, 6.45) is 3.92. The van der Waals surface area contributed by atoms with Crippen molar-refractivity contribution in [2.75, 3.05) is 46.0 Å². The number of Topliss-reactive ketones (excluding diaryl/α,β-unsaturated/α-hetero) is 1. The summed E-state index contributed by atoms with van der Waals surface area (Å²) in [5.74, 6) is -0.0885. The number of nitrogens with zero attached hydrogens (tertiary/aromatic N) is 2. The van der Waals surface area contributed by atoms with E-state index >= 15 is 0 Å². The van der Waals surface area contributed by atoms with Crippen molar-refractivity contribution in [3.05, 3.63) is 101 Å². The Morgan fingerprint density at radius 3 is 2.27 bits per heavy atom. The van der Waals surface area contributed by atoms with Gasteiger partial charge in [-0.25, -0.2) is 0 Å². The number of carbonyl (C=O) groups is 2. The van der Waals surface area contributed by atoms with E-state index in [0.29, 0.717) is 50.7 Å². The number of amides is 1. The molecule has 0 radical (unpaired) electrons. The number of likely N-dealkylation sites (tertiary alicyclic amines) is 1. The maximum atomic E-state index is 13.5. The molecule has 2 heterocycles. The molecule has 1 amide bonds. The van der Waals surface area contributed by atoms with Gasteiger partial charge in [0.05, 0.1) is 31.4 Å². The van der Waals surface area contributed by atoms with Crippen LogP contribution in [0.2, 0.25) is 0 Å². The van der Waals surface area contributed by atoms with Gasteiger partial charge in [0.15, 0.2) is 0 Å². The Labute approximate surface area is 266 Å². The molecular formula is C37H44N2O6. The first-order valence-corrected chi connectivity index (χ1v) is 16.0. The minimum Gasteiger partial charge on any atom is -0.507 e. The predicted molar refractivity (Wildman–Crippen MR) is 174 cm³/mol. The average molecular weight is 613 g/mol. The van der Waals surface area contributed by atoms with Crippen molar-refractivity contribution >= 4 is 17.4 Å². The van der Waals surface area contributed by atoms with Crippen molar-refractivity contribution in [2.45, 2.75) is 52.2 Å². The van der Waals surface area contributed by atoms with Gasteiger partial charge in [0.1, 0.15) is 23.9 Å². The third kappa shape index (κ3) is 8.12. The Morgan fingerprint density at radius 1 is 0.867 bits per heavy atom. The summed E-state index contributed by atoms with van der Waals surface area (Å²) in [4.78, 5) is 30.9. The van der Waals surface area contributed by atoms with E-state index in [9.17, 15) is 14.7 Å². The lowest BCUT2D eigenvalue weighted by molar-refractivity contribution is -0.140. The van der Waals surface area contributed by atoms with Crippen LogP contribution < -0.4 is 9.47 Å². The van der Waals surface area contributed by atoms with Crippen LogP contribution in [0, 0.1) is 6.92 Å². The molecule has 0 spiro atoms. The van der Waals surface area contributed by atoms with Gasteiger partial charge in [-0.2, -0.15) is 0 Å². The van der Waals surface area contributed by atoms with Crippen molar-refractivity contribution in [1.82, 2.24) is 9.80 Å². The van der Waals surface area contributed by atoms with E-state index in [1.807, 2.05) is 55.5 Å². The van der Waals surface area contributed by atoms with E-state index in [2.05, 4.69) is 11.8 Å². The summed E-state index contributed by atoms with van der Waals surface area (Å²) in [7, 11) is 0. The van der Waals surface area contributed by atoms with Crippen molar-refractivity contribution in [1.29, 1.82) is 0 Å². The fraction of sp³-hybridized carbons (Fsp3) is 0.405. The molecule has 3 aromatic carbocycles. The van der Waals surface area contributed by atoms with Gasteiger partial charge in [0.25, 0.3) is 11.7 Å². The van der Waals surface area contributed by atoms with Gasteiger partial charge in [-0.3, -0.25) is 14.5 Å². The fourth-order valence-corrected chi connectivity index (χ4v) is 5.83. The minimum absolute atomic E-state index is 0.0940. The number of carbonyl (C=O) groups excluding carboxylic acids is 2. The number of ketones is 1. The summed E-state index contributed by atoms with van der Waals surface area (Å²) in [5, 5.41) is 11.5. The number of morpholine rings is 1. The second-order valence-electron chi connectivity index (χ2n) is 11.7. The molecular weight excluding hydrogens is 568 g/mol. The van der Waals surface area contributed by atoms with Crippen LogP contribution in [-0.4, -0.2) is 72.6 Å². The first kappa shape index (κ1) is 32.3. The lowest BCUT2D eigenvalue weighted by atomic mass is 9.95. The molecule has 0 bridgehead atoms. The molecule has 2 aliphatic heterocycles. The van der Waals surface area contributed by atoms with Gasteiger partial charge >= 0.3 is 0 Å². The van der Waals surface area contributed by atoms with E-state index in [-0.39, 0.29) is 11.3 Å². The van der Waals surface area contributed by atoms with E-state index in [4.69, 9.17) is 14.2 Å². The van der Waals surface area contributed by atoms with Crippen LogP contribution in [0.15, 0.2) is 78.4 Å². The van der Waals surface area contributed by atoms with Gasteiger partial charge in [0.2, 0.25) is 0 Å². The van der Waals surface area contributed by atoms with E-state index in [1.54, 1.807) is 29.2 Å². The quantitative estimate of drug-likeness (QED) is 0.0991. The summed E-state index contributed by atoms with van der Waals surface area (Å²) in [5.41, 5.74) is 3.54. The van der Waals surface area contributed by atoms with Gasteiger partial charge in [-0.05, 0) is 72.9 Å². The second kappa shape index (κ2) is 15.7. The first-order valence-electron chi connectivity index (χ1n) is 16.0. The SMILES string of the molecule is CCCCCOc1ccc(C2/C(=C(\O)c3ccc(OCc4ccccc4C)cc3)C(=O)C(=O)N2CCCN2CCOCC2)cc1. The molecule has 8 nitrogen and oxygen atoms in total. The Bertz CT molecular complexity index is 1460. The van der Waals surface area contributed by atoms with Crippen molar-refractivity contribution in [3.63, 3.8) is 0 Å². The van der Waals surface area contributed by atoms with Gasteiger partial charge in [-0.15, -0.1) is 0 Å². The lowest BCUT2D eigenvalue weighted by Gasteiger charge is -2.29. The third-order valence-electron chi connectivity index (χ3n) is 8.51. The van der Waals surface area contributed by atoms with Crippen molar-refractivity contribution in [3.8, 4) is 11.5 Å². The van der Waals surface area contributed by atoms with Crippen LogP contribution in [0.1, 0.15) is 60.9 Å². The zero-order chi connectivity index (χ0) is 31.6. The number of aliphatic hydroxyl groups is 1. The molecule has 1 unspecified atom stereocenters. The molecule has 0 saturated carbocycles. The molecule has 45 heavy (non-hydrogen) atoms. The molecule has 2 fully saturated rings. The van der Waals surface area contributed by atoms with Crippen molar-refractivity contribution < 1.29 is 28.9 Å². The van der Waals surface area contributed by atoms with Crippen LogP contribution in [0.25, 0.3) is 5.76 Å². The maximum absolute atomic E-state index is 13.5. The minimum atomic E-state index is -0.708. The van der Waals surface area contributed by atoms with Crippen LogP contribution in [0.3, 0.4) is 0 Å². The first-order chi connectivity index (χ1) is 22.0. The van der Waals surface area contributed by atoms with Gasteiger partial charge < -0.3 is 24.2 Å². The summed E-state index contributed by atoms with van der Waals surface area (Å²) < 4.78 is 17.3. The van der Waals surface area contributed by atoms with E-state index in [1.165, 1.54) is 0 Å². The number of rotatable bonds is 14. The number of hydrogen-bond acceptors (Lipinski definition) is 7. The largest absolute Gasteiger partial charge is 0.507 e. The number of ether oxygens (including phenoxy) is 3. The Hall–Kier alpha value is -4.14. The highest BCUT2D eigenvalue weighted by Crippen LogP contribution is 2.40. The Kier molecular flexibility index (Phi) is 11.3. The zero-order valence-electron chi connectivity index (χ0n) is 26.4. The number of benzene rings is 3. The number of aryl methyl sites for hydroxylation is 1. The molecule has 5 rings (SSSR count). The van der Waals surface area contributed by atoms with E-state index < -0.39 is 17.7 Å². The highest BCUT2D eigenvalue weighted by Gasteiger charge is 2.45. The Morgan fingerprint density at radius 2 is 1.56 bits per heavy atom. The monoisotopic (exact) mass is 612 g/mol. The zero-order valence-corrected chi connectivity index (χ0v) is 26.4. The van der Waals surface area contributed by atoms with Crippen molar-refractivity contribution in [2.24, 2.45) is 0 Å². The molecule has 1 N–H and O–H groups in total. The Balaban J connectivity index is 1.37. The predicted octanol–water partition coefficient (Wildman–Crippen LogP) is 6.29. The summed E-state index contributed by atoms with van der Waals surface area (Å²) in [6, 6.07) is 21.8. The van der Waals surface area contributed by atoms with Crippen LogP contribution in [-0.2, 0) is 20.9 Å². The number of unbranched alkanes of at least 4 members (excludes halogenated alkanes) is 2. The third-order valence-corrected chi connectivity index (χ3v) is 8.51. The topological polar surface area (TPSA) is 88.5 Å². The summed E-state index contributed by atoms with van der Waals surface area (Å²) >= 11 is 0. The highest BCUT2D eigenvalue weighted by atomic mass is 16.5. The lowest BCUT2D eigenvalue weighted by Crippen LogP contribution is -2.38. The molecule has 1 atom stereocenters. The fourth-order valence-electron chi connectivity index (χ4n) is 5.83. The standard InChI is InChI=1S/C37H44N2O6/c1-3-4-7-23-44-31-15-11-28(12-16-31)34-33(36(41)37(42)39(34)20-8-19-38-21-24-43-25-22-38)35(40)29-13-17-32(18-14-29)45-26-30-10-6-5-9-27(30)2/h5-6,9-18,34,40H,3-4,7-8,19-26H2,1-2H3/b35-33+. The van der Waals surface area contributed by atoms with Gasteiger partial charge in [0, 0.05) is 31.7 Å². The maximum Gasteiger partial charge on any atom is 0.295 e. The molecule has 0 aromatic heterocycles. The van der Waals surface area contributed by atoms with Crippen LogP contribution in [0.5, 0.6) is 11.5 Å². The molecule has 2 saturated heterocycles. The number of aliphatic hydroxyl groups excluding tert-OH is 1. The molecule has 0 aliphatic carbocycles. The molecule has 3 aromatic rings. The summed E-state index contributed by atoms with van der Waals surface area (Å²) in [6.45, 7) is 9.56. The average Bonchev–Trinajstić information content (AvgIpc) is 3.32. The molecule has 238 valence electrons. The molecule has 8 heteroatoms. The smallest absolute Gasteiger partial charge is 0.295 e.